The van der Waals surface area contributed by atoms with Crippen molar-refractivity contribution < 1.29 is 18.7 Å². The minimum atomic E-state index is -0.710. The standard InChI is InChI=1S/C26H20ClNO5/c1-3-32-17-8-6-7-15(13-17)23-22-24(29)18-9-4-5-10-20(18)33-25(22)26(30)28(23)16-11-12-21(31-2)19(27)14-16/h4-14,23H,3H2,1-2H3. The lowest BCUT2D eigenvalue weighted by Crippen LogP contribution is -2.29. The van der Waals surface area contributed by atoms with E-state index in [2.05, 4.69) is 0 Å². The maximum absolute atomic E-state index is 13.6. The first-order chi connectivity index (χ1) is 16.0. The van der Waals surface area contributed by atoms with Gasteiger partial charge in [-0.05, 0) is 55.0 Å². The van der Waals surface area contributed by atoms with Gasteiger partial charge in [-0.15, -0.1) is 0 Å². The average molecular weight is 462 g/mol. The molecule has 1 aliphatic heterocycles. The summed E-state index contributed by atoms with van der Waals surface area (Å²) in [6.45, 7) is 2.39. The van der Waals surface area contributed by atoms with Crippen LogP contribution in [0.4, 0.5) is 5.69 Å². The number of hydrogen-bond acceptors (Lipinski definition) is 5. The molecular formula is C26H20ClNO5. The fraction of sp³-hybridized carbons (Fsp3) is 0.154. The van der Waals surface area contributed by atoms with Crippen molar-refractivity contribution >= 4 is 34.2 Å². The third kappa shape index (κ3) is 3.43. The zero-order chi connectivity index (χ0) is 23.1. The zero-order valence-corrected chi connectivity index (χ0v) is 18.8. The Hall–Kier alpha value is -3.77. The van der Waals surface area contributed by atoms with Crippen LogP contribution in [-0.2, 0) is 0 Å². The van der Waals surface area contributed by atoms with Crippen LogP contribution in [0.15, 0.2) is 75.9 Å². The van der Waals surface area contributed by atoms with Gasteiger partial charge >= 0.3 is 0 Å². The molecule has 0 bridgehead atoms. The maximum atomic E-state index is 13.6. The lowest BCUT2D eigenvalue weighted by molar-refractivity contribution is 0.0971. The molecule has 4 aromatic rings. The summed E-state index contributed by atoms with van der Waals surface area (Å²) in [6.07, 6.45) is 0. The van der Waals surface area contributed by atoms with E-state index in [-0.39, 0.29) is 11.2 Å². The highest BCUT2D eigenvalue weighted by molar-refractivity contribution is 6.32. The van der Waals surface area contributed by atoms with Gasteiger partial charge in [-0.3, -0.25) is 14.5 Å². The third-order valence-corrected chi connectivity index (χ3v) is 5.97. The minimum absolute atomic E-state index is 0.0254. The van der Waals surface area contributed by atoms with Crippen LogP contribution in [-0.4, -0.2) is 19.6 Å². The Morgan fingerprint density at radius 3 is 2.61 bits per heavy atom. The van der Waals surface area contributed by atoms with E-state index in [0.29, 0.717) is 45.3 Å². The van der Waals surface area contributed by atoms with Crippen LogP contribution < -0.4 is 19.8 Å². The van der Waals surface area contributed by atoms with Gasteiger partial charge in [0, 0.05) is 5.69 Å². The van der Waals surface area contributed by atoms with Gasteiger partial charge in [0.1, 0.15) is 17.1 Å². The second kappa shape index (κ2) is 8.30. The minimum Gasteiger partial charge on any atom is -0.495 e. The molecule has 6 nitrogen and oxygen atoms in total. The van der Waals surface area contributed by atoms with Crippen molar-refractivity contribution in [2.45, 2.75) is 13.0 Å². The summed E-state index contributed by atoms with van der Waals surface area (Å²) in [5.41, 5.74) is 1.66. The monoisotopic (exact) mass is 461 g/mol. The van der Waals surface area contributed by atoms with Gasteiger partial charge in [0.15, 0.2) is 5.43 Å². The number of anilines is 1. The Morgan fingerprint density at radius 2 is 1.85 bits per heavy atom. The Morgan fingerprint density at radius 1 is 1.03 bits per heavy atom. The number of nitrogens with zero attached hydrogens (tertiary/aromatic N) is 1. The van der Waals surface area contributed by atoms with Crippen molar-refractivity contribution in [2.75, 3.05) is 18.6 Å². The van der Waals surface area contributed by atoms with E-state index >= 15 is 0 Å². The highest BCUT2D eigenvalue weighted by Crippen LogP contribution is 2.43. The molecule has 1 aliphatic rings. The molecule has 1 unspecified atom stereocenters. The van der Waals surface area contributed by atoms with Crippen LogP contribution in [0.1, 0.15) is 34.6 Å². The number of hydrogen-bond donors (Lipinski definition) is 0. The summed E-state index contributed by atoms with van der Waals surface area (Å²) < 4.78 is 16.9. The average Bonchev–Trinajstić information content (AvgIpc) is 3.12. The molecule has 1 amide bonds. The smallest absolute Gasteiger partial charge is 0.295 e. The number of para-hydroxylation sites is 1. The van der Waals surface area contributed by atoms with E-state index < -0.39 is 11.9 Å². The molecule has 0 radical (unpaired) electrons. The molecule has 1 atom stereocenters. The van der Waals surface area contributed by atoms with Crippen LogP contribution in [0.3, 0.4) is 0 Å². The number of rotatable bonds is 5. The number of ether oxygens (including phenoxy) is 2. The van der Waals surface area contributed by atoms with Crippen LogP contribution in [0.25, 0.3) is 11.0 Å². The van der Waals surface area contributed by atoms with Gasteiger partial charge in [0.05, 0.1) is 35.7 Å². The van der Waals surface area contributed by atoms with Gasteiger partial charge in [-0.1, -0.05) is 35.9 Å². The molecule has 0 N–H and O–H groups in total. The summed E-state index contributed by atoms with van der Waals surface area (Å²) >= 11 is 6.38. The fourth-order valence-electron chi connectivity index (χ4n) is 4.25. The molecule has 166 valence electrons. The Labute approximate surface area is 194 Å². The summed E-state index contributed by atoms with van der Waals surface area (Å²) in [7, 11) is 1.52. The van der Waals surface area contributed by atoms with Gasteiger partial charge < -0.3 is 13.9 Å². The predicted octanol–water partition coefficient (Wildman–Crippen LogP) is 5.60. The maximum Gasteiger partial charge on any atom is 0.295 e. The second-order valence-corrected chi connectivity index (χ2v) is 7.98. The summed E-state index contributed by atoms with van der Waals surface area (Å²) in [6, 6.07) is 18.7. The van der Waals surface area contributed by atoms with Crippen molar-refractivity contribution in [2.24, 2.45) is 0 Å². The van der Waals surface area contributed by atoms with E-state index in [9.17, 15) is 9.59 Å². The highest BCUT2D eigenvalue weighted by atomic mass is 35.5. The summed E-state index contributed by atoms with van der Waals surface area (Å²) in [4.78, 5) is 28.8. The van der Waals surface area contributed by atoms with E-state index in [1.54, 1.807) is 42.5 Å². The molecule has 2 heterocycles. The molecule has 7 heteroatoms. The molecule has 3 aromatic carbocycles. The van der Waals surface area contributed by atoms with E-state index in [4.69, 9.17) is 25.5 Å². The molecule has 33 heavy (non-hydrogen) atoms. The first-order valence-electron chi connectivity index (χ1n) is 10.5. The number of benzene rings is 3. The third-order valence-electron chi connectivity index (χ3n) is 5.68. The van der Waals surface area contributed by atoms with E-state index in [1.807, 2.05) is 31.2 Å². The fourth-order valence-corrected chi connectivity index (χ4v) is 4.50. The molecule has 0 saturated heterocycles. The topological polar surface area (TPSA) is 69.0 Å². The second-order valence-electron chi connectivity index (χ2n) is 7.57. The van der Waals surface area contributed by atoms with E-state index in [0.717, 1.165) is 5.56 Å². The van der Waals surface area contributed by atoms with Crippen LogP contribution in [0, 0.1) is 0 Å². The molecule has 0 saturated carbocycles. The molecule has 0 aliphatic carbocycles. The zero-order valence-electron chi connectivity index (χ0n) is 18.0. The quantitative estimate of drug-likeness (QED) is 0.386. The normalized spacial score (nSPS) is 15.1. The number of halogens is 1. The Bertz CT molecular complexity index is 1440. The van der Waals surface area contributed by atoms with Gasteiger partial charge in [0.2, 0.25) is 5.76 Å². The largest absolute Gasteiger partial charge is 0.495 e. The van der Waals surface area contributed by atoms with Crippen LogP contribution in [0.5, 0.6) is 11.5 Å². The number of fused-ring (bicyclic) bond motifs is 2. The number of amides is 1. The van der Waals surface area contributed by atoms with Gasteiger partial charge in [-0.2, -0.15) is 0 Å². The first-order valence-corrected chi connectivity index (χ1v) is 10.9. The Balaban J connectivity index is 1.77. The molecular weight excluding hydrogens is 442 g/mol. The molecule has 0 spiro atoms. The lowest BCUT2D eigenvalue weighted by Gasteiger charge is -2.26. The number of methoxy groups -OCH3 is 1. The van der Waals surface area contributed by atoms with Crippen molar-refractivity contribution in [1.29, 1.82) is 0 Å². The molecule has 0 fully saturated rings. The Kier molecular flexibility index (Phi) is 5.30. The first kappa shape index (κ1) is 21.1. The van der Waals surface area contributed by atoms with E-state index in [1.165, 1.54) is 12.0 Å². The van der Waals surface area contributed by atoms with Crippen LogP contribution in [0.2, 0.25) is 5.02 Å². The van der Waals surface area contributed by atoms with Crippen molar-refractivity contribution in [1.82, 2.24) is 0 Å². The highest BCUT2D eigenvalue weighted by Gasteiger charge is 2.43. The van der Waals surface area contributed by atoms with Crippen molar-refractivity contribution in [3.05, 3.63) is 98.9 Å². The van der Waals surface area contributed by atoms with Crippen LogP contribution >= 0.6 is 11.6 Å². The van der Waals surface area contributed by atoms with Crippen molar-refractivity contribution in [3.8, 4) is 11.5 Å². The van der Waals surface area contributed by atoms with Gasteiger partial charge in [-0.25, -0.2) is 0 Å². The number of carbonyl (C=O) groups excluding carboxylic acids is 1. The molecule has 5 rings (SSSR count). The lowest BCUT2D eigenvalue weighted by atomic mass is 9.98. The molecule has 1 aromatic heterocycles. The predicted molar refractivity (Wildman–Crippen MR) is 127 cm³/mol. The van der Waals surface area contributed by atoms with Crippen molar-refractivity contribution in [3.63, 3.8) is 0 Å². The number of carbonyl (C=O) groups is 1. The summed E-state index contributed by atoms with van der Waals surface area (Å²) in [5, 5.41) is 0.773. The summed E-state index contributed by atoms with van der Waals surface area (Å²) in [5.74, 6) is 0.742. The SMILES string of the molecule is CCOc1cccc(C2c3c(oc4ccccc4c3=O)C(=O)N2c2ccc(OC)c(Cl)c2)c1. The van der Waals surface area contributed by atoms with Gasteiger partial charge in [0.25, 0.3) is 5.91 Å².